The molecule has 1 amide bonds. The summed E-state index contributed by atoms with van der Waals surface area (Å²) in [6.45, 7) is -0.159. The van der Waals surface area contributed by atoms with E-state index in [0.717, 1.165) is 5.75 Å². The average Bonchev–Trinajstić information content (AvgIpc) is 2.64. The summed E-state index contributed by atoms with van der Waals surface area (Å²) in [6, 6.07) is 21.3. The Balaban J connectivity index is 1.57. The molecule has 3 rings (SSSR count). The maximum Gasteiger partial charge on any atom is 0.262 e. The lowest BCUT2D eigenvalue weighted by atomic mass is 10.3. The van der Waals surface area contributed by atoms with Crippen molar-refractivity contribution in [2.75, 3.05) is 11.9 Å². The van der Waals surface area contributed by atoms with Gasteiger partial charge in [0.05, 0.1) is 10.7 Å². The van der Waals surface area contributed by atoms with E-state index in [9.17, 15) is 4.79 Å². The minimum atomic E-state index is -0.330. The van der Waals surface area contributed by atoms with Gasteiger partial charge in [-0.1, -0.05) is 47.5 Å². The van der Waals surface area contributed by atoms with Crippen LogP contribution in [0.3, 0.4) is 0 Å². The van der Waals surface area contributed by atoms with Crippen molar-refractivity contribution in [2.45, 2.75) is 0 Å². The molecule has 0 radical (unpaired) electrons. The van der Waals surface area contributed by atoms with Crippen LogP contribution in [0.4, 0.5) is 5.69 Å². The second-order valence-corrected chi connectivity index (χ2v) is 6.19. The van der Waals surface area contributed by atoms with E-state index in [1.165, 1.54) is 0 Å². The molecule has 26 heavy (non-hydrogen) atoms. The summed E-state index contributed by atoms with van der Waals surface area (Å²) in [5.74, 6) is 1.54. The first-order valence-corrected chi connectivity index (χ1v) is 8.56. The highest BCUT2D eigenvalue weighted by Gasteiger charge is 2.08. The first-order valence-electron chi connectivity index (χ1n) is 7.81. The van der Waals surface area contributed by atoms with E-state index >= 15 is 0 Å². The topological polar surface area (TPSA) is 47.6 Å². The summed E-state index contributed by atoms with van der Waals surface area (Å²) in [5, 5.41) is 3.54. The predicted molar refractivity (Wildman–Crippen MR) is 104 cm³/mol. The lowest BCUT2D eigenvalue weighted by Gasteiger charge is -2.10. The number of nitrogens with one attached hydrogen (secondary N) is 1. The molecule has 0 saturated heterocycles. The monoisotopic (exact) mass is 387 g/mol. The molecule has 4 nitrogen and oxygen atoms in total. The lowest BCUT2D eigenvalue weighted by Crippen LogP contribution is -2.20. The number of halogens is 2. The van der Waals surface area contributed by atoms with Crippen LogP contribution in [0.5, 0.6) is 17.2 Å². The standard InChI is InChI=1S/C20H15Cl2NO3/c21-14-9-10-19(18(22)11-14)23-20(24)13-25-16-7-4-8-17(12-16)26-15-5-2-1-3-6-15/h1-12H,13H2,(H,23,24). The number of anilines is 1. The van der Waals surface area contributed by atoms with E-state index < -0.39 is 0 Å². The Kier molecular flexibility index (Phi) is 6.00. The molecule has 0 atom stereocenters. The minimum absolute atomic E-state index is 0.159. The first kappa shape index (κ1) is 18.1. The van der Waals surface area contributed by atoms with Crippen LogP contribution in [0.2, 0.25) is 10.0 Å². The molecule has 0 aliphatic rings. The number of rotatable bonds is 6. The number of para-hydroxylation sites is 1. The van der Waals surface area contributed by atoms with Crippen molar-refractivity contribution in [3.8, 4) is 17.2 Å². The molecular formula is C20H15Cl2NO3. The number of carbonyl (C=O) groups excluding carboxylic acids is 1. The van der Waals surface area contributed by atoms with E-state index in [-0.39, 0.29) is 12.5 Å². The molecule has 132 valence electrons. The van der Waals surface area contributed by atoms with Crippen LogP contribution in [0, 0.1) is 0 Å². The Morgan fingerprint density at radius 1 is 0.846 bits per heavy atom. The molecule has 0 spiro atoms. The fourth-order valence-corrected chi connectivity index (χ4v) is 2.63. The van der Waals surface area contributed by atoms with E-state index in [2.05, 4.69) is 5.32 Å². The smallest absolute Gasteiger partial charge is 0.262 e. The zero-order valence-corrected chi connectivity index (χ0v) is 15.1. The Morgan fingerprint density at radius 3 is 2.35 bits per heavy atom. The zero-order valence-electron chi connectivity index (χ0n) is 13.6. The van der Waals surface area contributed by atoms with Gasteiger partial charge in [0.2, 0.25) is 0 Å². The number of ether oxygens (including phenoxy) is 2. The van der Waals surface area contributed by atoms with Gasteiger partial charge < -0.3 is 14.8 Å². The molecule has 1 N–H and O–H groups in total. The second kappa shape index (κ2) is 8.61. The zero-order chi connectivity index (χ0) is 18.4. The molecule has 6 heteroatoms. The van der Waals surface area contributed by atoms with Gasteiger partial charge in [-0.3, -0.25) is 4.79 Å². The third kappa shape index (κ3) is 5.15. The van der Waals surface area contributed by atoms with Crippen LogP contribution in [0.15, 0.2) is 72.8 Å². The van der Waals surface area contributed by atoms with Gasteiger partial charge in [0.1, 0.15) is 17.2 Å². The Hall–Kier alpha value is -2.69. The quantitative estimate of drug-likeness (QED) is 0.580. The van der Waals surface area contributed by atoms with Crippen LogP contribution in [0.1, 0.15) is 0 Å². The van der Waals surface area contributed by atoms with Crippen molar-refractivity contribution in [1.82, 2.24) is 0 Å². The average molecular weight is 388 g/mol. The normalized spacial score (nSPS) is 10.2. The van der Waals surface area contributed by atoms with Crippen LogP contribution >= 0.6 is 23.2 Å². The SMILES string of the molecule is O=C(COc1cccc(Oc2ccccc2)c1)Nc1ccc(Cl)cc1Cl. The number of hydrogen-bond donors (Lipinski definition) is 1. The highest BCUT2D eigenvalue weighted by molar-refractivity contribution is 6.36. The van der Waals surface area contributed by atoms with Crippen molar-refractivity contribution in [3.05, 3.63) is 82.8 Å². The lowest BCUT2D eigenvalue weighted by molar-refractivity contribution is -0.118. The van der Waals surface area contributed by atoms with Gasteiger partial charge in [0, 0.05) is 11.1 Å². The molecule has 0 aliphatic carbocycles. The fourth-order valence-electron chi connectivity index (χ4n) is 2.18. The maximum atomic E-state index is 12.0. The van der Waals surface area contributed by atoms with Crippen molar-refractivity contribution >= 4 is 34.8 Å². The summed E-state index contributed by atoms with van der Waals surface area (Å²) in [4.78, 5) is 12.0. The van der Waals surface area contributed by atoms with E-state index in [0.29, 0.717) is 27.2 Å². The maximum absolute atomic E-state index is 12.0. The van der Waals surface area contributed by atoms with Crippen LogP contribution in [-0.4, -0.2) is 12.5 Å². The van der Waals surface area contributed by atoms with Crippen molar-refractivity contribution in [2.24, 2.45) is 0 Å². The van der Waals surface area contributed by atoms with E-state index in [1.54, 1.807) is 36.4 Å². The van der Waals surface area contributed by atoms with Crippen LogP contribution < -0.4 is 14.8 Å². The summed E-state index contributed by atoms with van der Waals surface area (Å²) in [5.41, 5.74) is 0.478. The molecule has 3 aromatic carbocycles. The van der Waals surface area contributed by atoms with Crippen LogP contribution in [-0.2, 0) is 4.79 Å². The number of carbonyl (C=O) groups is 1. The Morgan fingerprint density at radius 2 is 1.58 bits per heavy atom. The molecule has 0 unspecified atom stereocenters. The highest BCUT2D eigenvalue weighted by atomic mass is 35.5. The van der Waals surface area contributed by atoms with Crippen LogP contribution in [0.25, 0.3) is 0 Å². The summed E-state index contributed by atoms with van der Waals surface area (Å²) >= 11 is 11.9. The highest BCUT2D eigenvalue weighted by Crippen LogP contribution is 2.26. The van der Waals surface area contributed by atoms with Gasteiger partial charge in [0.15, 0.2) is 6.61 Å². The van der Waals surface area contributed by atoms with Crippen molar-refractivity contribution in [3.63, 3.8) is 0 Å². The summed E-state index contributed by atoms with van der Waals surface area (Å²) in [7, 11) is 0. The first-order chi connectivity index (χ1) is 12.6. The molecule has 0 saturated carbocycles. The second-order valence-electron chi connectivity index (χ2n) is 5.35. The molecule has 0 bridgehead atoms. The summed E-state index contributed by atoms with van der Waals surface area (Å²) in [6.07, 6.45) is 0. The number of amides is 1. The Bertz CT molecular complexity index is 901. The third-order valence-corrected chi connectivity index (χ3v) is 3.91. The Labute approximate surface area is 161 Å². The van der Waals surface area contributed by atoms with Gasteiger partial charge in [-0.15, -0.1) is 0 Å². The molecule has 0 aromatic heterocycles. The summed E-state index contributed by atoms with van der Waals surface area (Å²) < 4.78 is 11.3. The van der Waals surface area contributed by atoms with E-state index in [1.807, 2.05) is 36.4 Å². The molecule has 3 aromatic rings. The largest absolute Gasteiger partial charge is 0.484 e. The molecule has 0 heterocycles. The minimum Gasteiger partial charge on any atom is -0.484 e. The molecular weight excluding hydrogens is 373 g/mol. The molecule has 0 aliphatic heterocycles. The van der Waals surface area contributed by atoms with Gasteiger partial charge in [-0.2, -0.15) is 0 Å². The third-order valence-electron chi connectivity index (χ3n) is 3.36. The van der Waals surface area contributed by atoms with E-state index in [4.69, 9.17) is 32.7 Å². The number of benzene rings is 3. The van der Waals surface area contributed by atoms with Crippen molar-refractivity contribution in [1.29, 1.82) is 0 Å². The van der Waals surface area contributed by atoms with Gasteiger partial charge >= 0.3 is 0 Å². The fraction of sp³-hybridized carbons (Fsp3) is 0.0500. The van der Waals surface area contributed by atoms with Crippen molar-refractivity contribution < 1.29 is 14.3 Å². The predicted octanol–water partition coefficient (Wildman–Crippen LogP) is 5.80. The molecule has 0 fully saturated rings. The number of hydrogen-bond acceptors (Lipinski definition) is 3. The van der Waals surface area contributed by atoms with Gasteiger partial charge in [-0.25, -0.2) is 0 Å². The van der Waals surface area contributed by atoms with Gasteiger partial charge in [0.25, 0.3) is 5.91 Å². The van der Waals surface area contributed by atoms with Gasteiger partial charge in [-0.05, 0) is 42.5 Å².